The summed E-state index contributed by atoms with van der Waals surface area (Å²) in [5, 5.41) is 8.70. The zero-order valence-corrected chi connectivity index (χ0v) is 9.82. The molecular weight excluding hydrogens is 202 g/mol. The standard InChI is InChI=1S/C13H21NO2/c1-2-3-4-5-8-14-9-6-12(7-10-14)11-13(15)16/h1,12H,3-11H2,(H,15,16). The number of hydrogen-bond acceptors (Lipinski definition) is 2. The van der Waals surface area contributed by atoms with E-state index in [1.165, 1.54) is 0 Å². The smallest absolute Gasteiger partial charge is 0.303 e. The quantitative estimate of drug-likeness (QED) is 0.553. The molecule has 0 bridgehead atoms. The Balaban J connectivity index is 2.08. The SMILES string of the molecule is C#CCCCCN1CCC(CC(=O)O)CC1. The van der Waals surface area contributed by atoms with Crippen molar-refractivity contribution in [2.24, 2.45) is 5.92 Å². The summed E-state index contributed by atoms with van der Waals surface area (Å²) < 4.78 is 0. The fourth-order valence-corrected chi connectivity index (χ4v) is 2.22. The number of terminal acetylenes is 1. The van der Waals surface area contributed by atoms with Gasteiger partial charge in [-0.2, -0.15) is 0 Å². The van der Waals surface area contributed by atoms with E-state index in [0.717, 1.165) is 51.7 Å². The van der Waals surface area contributed by atoms with Crippen molar-refractivity contribution in [1.29, 1.82) is 0 Å². The van der Waals surface area contributed by atoms with Gasteiger partial charge in [0.25, 0.3) is 0 Å². The van der Waals surface area contributed by atoms with Crippen LogP contribution in [0.1, 0.15) is 38.5 Å². The van der Waals surface area contributed by atoms with Crippen LogP contribution in [-0.4, -0.2) is 35.6 Å². The number of piperidine rings is 1. The lowest BCUT2D eigenvalue weighted by Crippen LogP contribution is -2.35. The van der Waals surface area contributed by atoms with Gasteiger partial charge in [0.05, 0.1) is 0 Å². The molecule has 0 atom stereocenters. The molecule has 1 aliphatic heterocycles. The number of carboxylic acid groups (broad SMARTS) is 1. The van der Waals surface area contributed by atoms with Crippen LogP contribution in [0.15, 0.2) is 0 Å². The number of carbonyl (C=O) groups is 1. The first-order chi connectivity index (χ1) is 7.72. The summed E-state index contributed by atoms with van der Waals surface area (Å²) in [6, 6.07) is 0. The van der Waals surface area contributed by atoms with Gasteiger partial charge in [0, 0.05) is 12.8 Å². The molecule has 0 saturated carbocycles. The first-order valence-electron chi connectivity index (χ1n) is 6.10. The average Bonchev–Trinajstić information content (AvgIpc) is 2.26. The van der Waals surface area contributed by atoms with Gasteiger partial charge in [-0.1, -0.05) is 0 Å². The highest BCUT2D eigenvalue weighted by Crippen LogP contribution is 2.20. The molecule has 1 saturated heterocycles. The second kappa shape index (κ2) is 7.29. The molecule has 3 heteroatoms. The van der Waals surface area contributed by atoms with Gasteiger partial charge in [-0.3, -0.25) is 4.79 Å². The Morgan fingerprint density at radius 2 is 2.06 bits per heavy atom. The van der Waals surface area contributed by atoms with Gasteiger partial charge in [-0.15, -0.1) is 12.3 Å². The summed E-state index contributed by atoms with van der Waals surface area (Å²) in [7, 11) is 0. The molecule has 90 valence electrons. The molecule has 1 rings (SSSR count). The summed E-state index contributed by atoms with van der Waals surface area (Å²) in [5.41, 5.74) is 0. The fraction of sp³-hybridized carbons (Fsp3) is 0.769. The van der Waals surface area contributed by atoms with Crippen molar-refractivity contribution in [2.45, 2.75) is 38.5 Å². The first-order valence-corrected chi connectivity index (χ1v) is 6.10. The second-order valence-corrected chi connectivity index (χ2v) is 4.54. The number of rotatable bonds is 6. The Labute approximate surface area is 97.8 Å². The molecule has 0 radical (unpaired) electrons. The van der Waals surface area contributed by atoms with Gasteiger partial charge in [-0.05, 0) is 51.2 Å². The molecule has 1 heterocycles. The normalized spacial score (nSPS) is 18.2. The minimum atomic E-state index is -0.660. The topological polar surface area (TPSA) is 40.5 Å². The van der Waals surface area contributed by atoms with E-state index >= 15 is 0 Å². The number of nitrogens with zero attached hydrogens (tertiary/aromatic N) is 1. The summed E-state index contributed by atoms with van der Waals surface area (Å²) >= 11 is 0. The molecule has 3 nitrogen and oxygen atoms in total. The van der Waals surface area contributed by atoms with Crippen LogP contribution in [0.5, 0.6) is 0 Å². The highest BCUT2D eigenvalue weighted by molar-refractivity contribution is 5.67. The zero-order chi connectivity index (χ0) is 11.8. The van der Waals surface area contributed by atoms with Crippen LogP contribution < -0.4 is 0 Å². The molecule has 0 spiro atoms. The molecule has 0 aliphatic carbocycles. The minimum Gasteiger partial charge on any atom is -0.481 e. The molecule has 16 heavy (non-hydrogen) atoms. The molecule has 0 amide bonds. The van der Waals surface area contributed by atoms with Crippen LogP contribution in [0.2, 0.25) is 0 Å². The summed E-state index contributed by atoms with van der Waals surface area (Å²) in [6.45, 7) is 3.21. The number of carboxylic acids is 1. The minimum absolute atomic E-state index is 0.338. The number of hydrogen-bond donors (Lipinski definition) is 1. The van der Waals surface area contributed by atoms with Gasteiger partial charge in [-0.25, -0.2) is 0 Å². The predicted octanol–water partition coefficient (Wildman–Crippen LogP) is 1.98. The van der Waals surface area contributed by atoms with E-state index in [0.29, 0.717) is 12.3 Å². The van der Waals surface area contributed by atoms with E-state index in [2.05, 4.69) is 10.8 Å². The van der Waals surface area contributed by atoms with Gasteiger partial charge in [0.15, 0.2) is 0 Å². The van der Waals surface area contributed by atoms with E-state index < -0.39 is 5.97 Å². The van der Waals surface area contributed by atoms with Crippen LogP contribution in [0.4, 0.5) is 0 Å². The maximum absolute atomic E-state index is 10.6. The second-order valence-electron chi connectivity index (χ2n) is 4.54. The molecule has 0 aromatic carbocycles. The molecule has 1 N–H and O–H groups in total. The lowest BCUT2D eigenvalue weighted by atomic mass is 9.93. The number of unbranched alkanes of at least 4 members (excludes halogenated alkanes) is 2. The van der Waals surface area contributed by atoms with Crippen LogP contribution in [0.3, 0.4) is 0 Å². The van der Waals surface area contributed by atoms with Crippen LogP contribution in [0, 0.1) is 18.3 Å². The van der Waals surface area contributed by atoms with Crippen LogP contribution >= 0.6 is 0 Å². The Morgan fingerprint density at radius 3 is 2.62 bits per heavy atom. The maximum atomic E-state index is 10.6. The molecule has 1 aliphatic rings. The molecule has 1 fully saturated rings. The third-order valence-corrected chi connectivity index (χ3v) is 3.22. The maximum Gasteiger partial charge on any atom is 0.303 e. The third kappa shape index (κ3) is 5.18. The van der Waals surface area contributed by atoms with Crippen molar-refractivity contribution in [2.75, 3.05) is 19.6 Å². The molecular formula is C13H21NO2. The lowest BCUT2D eigenvalue weighted by molar-refractivity contribution is -0.138. The van der Waals surface area contributed by atoms with E-state index in [1.54, 1.807) is 0 Å². The van der Waals surface area contributed by atoms with Gasteiger partial charge < -0.3 is 10.0 Å². The van der Waals surface area contributed by atoms with E-state index in [-0.39, 0.29) is 0 Å². The van der Waals surface area contributed by atoms with Crippen LogP contribution in [0.25, 0.3) is 0 Å². The van der Waals surface area contributed by atoms with Crippen molar-refractivity contribution in [3.8, 4) is 12.3 Å². The van der Waals surface area contributed by atoms with Gasteiger partial charge >= 0.3 is 5.97 Å². The third-order valence-electron chi connectivity index (χ3n) is 3.22. The van der Waals surface area contributed by atoms with Crippen molar-refractivity contribution >= 4 is 5.97 Å². The van der Waals surface area contributed by atoms with E-state index in [4.69, 9.17) is 11.5 Å². The largest absolute Gasteiger partial charge is 0.481 e. The monoisotopic (exact) mass is 223 g/mol. The molecule has 0 aromatic heterocycles. The van der Waals surface area contributed by atoms with Crippen molar-refractivity contribution in [3.05, 3.63) is 0 Å². The number of likely N-dealkylation sites (tertiary alicyclic amines) is 1. The van der Waals surface area contributed by atoms with Gasteiger partial charge in [0.2, 0.25) is 0 Å². The van der Waals surface area contributed by atoms with Gasteiger partial charge in [0.1, 0.15) is 0 Å². The van der Waals surface area contributed by atoms with Crippen molar-refractivity contribution in [1.82, 2.24) is 4.90 Å². The van der Waals surface area contributed by atoms with Crippen LogP contribution in [-0.2, 0) is 4.79 Å². The summed E-state index contributed by atoms with van der Waals surface area (Å²) in [5.74, 6) is 2.38. The summed E-state index contributed by atoms with van der Waals surface area (Å²) in [6.07, 6.45) is 10.7. The average molecular weight is 223 g/mol. The Hall–Kier alpha value is -1.01. The van der Waals surface area contributed by atoms with E-state index in [1.807, 2.05) is 0 Å². The Bertz CT molecular complexity index is 249. The van der Waals surface area contributed by atoms with Crippen molar-refractivity contribution in [3.63, 3.8) is 0 Å². The number of aliphatic carboxylic acids is 1. The lowest BCUT2D eigenvalue weighted by Gasteiger charge is -2.31. The highest BCUT2D eigenvalue weighted by atomic mass is 16.4. The Kier molecular flexibility index (Phi) is 5.95. The molecule has 0 unspecified atom stereocenters. The fourth-order valence-electron chi connectivity index (χ4n) is 2.22. The summed E-state index contributed by atoms with van der Waals surface area (Å²) in [4.78, 5) is 13.0. The highest BCUT2D eigenvalue weighted by Gasteiger charge is 2.20. The first kappa shape index (κ1) is 13.1. The van der Waals surface area contributed by atoms with E-state index in [9.17, 15) is 4.79 Å². The predicted molar refractivity (Wildman–Crippen MR) is 64.1 cm³/mol. The Morgan fingerprint density at radius 1 is 1.38 bits per heavy atom. The zero-order valence-electron chi connectivity index (χ0n) is 9.82. The van der Waals surface area contributed by atoms with Crippen molar-refractivity contribution < 1.29 is 9.90 Å². The molecule has 0 aromatic rings.